The van der Waals surface area contributed by atoms with Gasteiger partial charge in [0.15, 0.2) is 11.5 Å². The number of rotatable bonds is 4. The molecule has 4 heteroatoms. The van der Waals surface area contributed by atoms with Gasteiger partial charge in [0.1, 0.15) is 11.3 Å². The summed E-state index contributed by atoms with van der Waals surface area (Å²) >= 11 is 0. The van der Waals surface area contributed by atoms with Crippen molar-refractivity contribution in [1.82, 2.24) is 10.3 Å². The molecule has 0 aliphatic heterocycles. The van der Waals surface area contributed by atoms with Gasteiger partial charge in [0, 0.05) is 25.1 Å². The molecule has 0 unspecified atom stereocenters. The van der Waals surface area contributed by atoms with Crippen molar-refractivity contribution < 1.29 is 8.81 Å². The van der Waals surface area contributed by atoms with E-state index >= 15 is 0 Å². The smallest absolute Gasteiger partial charge is 0.196 e. The molecule has 1 aliphatic carbocycles. The van der Waals surface area contributed by atoms with Gasteiger partial charge in [0.25, 0.3) is 0 Å². The van der Waals surface area contributed by atoms with Crippen molar-refractivity contribution in [2.24, 2.45) is 0 Å². The minimum Gasteiger partial charge on any atom is -0.441 e. The number of hydrogen-bond donors (Lipinski definition) is 1. The topological polar surface area (TPSA) is 38.1 Å². The molecular formula is C12H13FN2O. The summed E-state index contributed by atoms with van der Waals surface area (Å²) in [5, 5.41) is 3.39. The van der Waals surface area contributed by atoms with Gasteiger partial charge < -0.3 is 9.73 Å². The maximum Gasteiger partial charge on any atom is 0.196 e. The van der Waals surface area contributed by atoms with E-state index in [4.69, 9.17) is 4.42 Å². The molecule has 1 fully saturated rings. The molecule has 0 bridgehead atoms. The van der Waals surface area contributed by atoms with Gasteiger partial charge in [0.2, 0.25) is 0 Å². The fraction of sp³-hybridized carbons (Fsp3) is 0.417. The van der Waals surface area contributed by atoms with Crippen molar-refractivity contribution in [1.29, 1.82) is 0 Å². The van der Waals surface area contributed by atoms with Gasteiger partial charge in [-0.05, 0) is 25.0 Å². The van der Waals surface area contributed by atoms with Crippen LogP contribution in [0.2, 0.25) is 0 Å². The van der Waals surface area contributed by atoms with E-state index in [-0.39, 0.29) is 5.82 Å². The Hall–Kier alpha value is -1.42. The third kappa shape index (κ3) is 2.07. The van der Waals surface area contributed by atoms with Crippen LogP contribution in [0.1, 0.15) is 18.7 Å². The van der Waals surface area contributed by atoms with Crippen LogP contribution in [-0.4, -0.2) is 17.6 Å². The molecular weight excluding hydrogens is 207 g/mol. The number of oxazole rings is 1. The normalized spacial score (nSPS) is 15.8. The lowest BCUT2D eigenvalue weighted by Gasteiger charge is -1.97. The number of hydrogen-bond acceptors (Lipinski definition) is 3. The van der Waals surface area contributed by atoms with Crippen LogP contribution in [0.25, 0.3) is 11.1 Å². The average molecular weight is 220 g/mol. The fourth-order valence-electron chi connectivity index (χ4n) is 1.72. The third-order valence-corrected chi connectivity index (χ3v) is 2.74. The van der Waals surface area contributed by atoms with Crippen LogP contribution in [0, 0.1) is 5.82 Å². The Balaban J connectivity index is 1.71. The minimum absolute atomic E-state index is 0.286. The van der Waals surface area contributed by atoms with Crippen molar-refractivity contribution in [3.8, 4) is 0 Å². The Morgan fingerprint density at radius 3 is 3.12 bits per heavy atom. The van der Waals surface area contributed by atoms with Gasteiger partial charge >= 0.3 is 0 Å². The van der Waals surface area contributed by atoms with Crippen LogP contribution in [-0.2, 0) is 6.42 Å². The molecule has 1 aromatic heterocycles. The van der Waals surface area contributed by atoms with E-state index in [0.29, 0.717) is 17.5 Å². The predicted octanol–water partition coefficient (Wildman–Crippen LogP) is 2.26. The lowest BCUT2D eigenvalue weighted by molar-refractivity contribution is 0.512. The summed E-state index contributed by atoms with van der Waals surface area (Å²) in [7, 11) is 0. The number of nitrogens with one attached hydrogen (secondary N) is 1. The molecule has 1 aromatic carbocycles. The molecule has 84 valence electrons. The monoisotopic (exact) mass is 220 g/mol. The lowest BCUT2D eigenvalue weighted by atomic mass is 10.3. The standard InChI is InChI=1S/C12H13FN2O/c13-8-1-4-10-11(7-8)16-12(15-10)5-6-14-9-2-3-9/h1,4,7,9,14H,2-3,5-6H2. The van der Waals surface area contributed by atoms with Crippen LogP contribution >= 0.6 is 0 Å². The van der Waals surface area contributed by atoms with E-state index < -0.39 is 0 Å². The van der Waals surface area contributed by atoms with Gasteiger partial charge in [-0.3, -0.25) is 0 Å². The Bertz CT molecular complexity index is 505. The predicted molar refractivity (Wildman–Crippen MR) is 58.7 cm³/mol. The highest BCUT2D eigenvalue weighted by Crippen LogP contribution is 2.19. The first-order valence-electron chi connectivity index (χ1n) is 5.59. The van der Waals surface area contributed by atoms with E-state index in [1.165, 1.54) is 25.0 Å². The Kier molecular flexibility index (Phi) is 2.36. The summed E-state index contributed by atoms with van der Waals surface area (Å²) in [5.74, 6) is 0.389. The van der Waals surface area contributed by atoms with E-state index in [0.717, 1.165) is 18.5 Å². The number of aromatic nitrogens is 1. The molecule has 2 aromatic rings. The molecule has 1 aliphatic rings. The molecule has 0 radical (unpaired) electrons. The van der Waals surface area contributed by atoms with E-state index in [1.54, 1.807) is 6.07 Å². The molecule has 1 heterocycles. The molecule has 16 heavy (non-hydrogen) atoms. The Morgan fingerprint density at radius 2 is 2.31 bits per heavy atom. The highest BCUT2D eigenvalue weighted by Gasteiger charge is 2.20. The lowest BCUT2D eigenvalue weighted by Crippen LogP contribution is -2.19. The van der Waals surface area contributed by atoms with Crippen molar-refractivity contribution >= 4 is 11.1 Å². The first-order valence-corrected chi connectivity index (χ1v) is 5.59. The fourth-order valence-corrected chi connectivity index (χ4v) is 1.72. The van der Waals surface area contributed by atoms with Crippen molar-refractivity contribution in [2.45, 2.75) is 25.3 Å². The van der Waals surface area contributed by atoms with E-state index in [1.807, 2.05) is 0 Å². The van der Waals surface area contributed by atoms with Gasteiger partial charge in [-0.1, -0.05) is 0 Å². The number of halogens is 1. The molecule has 0 amide bonds. The van der Waals surface area contributed by atoms with Gasteiger partial charge in [-0.25, -0.2) is 9.37 Å². The summed E-state index contributed by atoms with van der Waals surface area (Å²) in [6.07, 6.45) is 3.31. The largest absolute Gasteiger partial charge is 0.441 e. The maximum atomic E-state index is 12.9. The molecule has 0 spiro atoms. The molecule has 0 saturated heterocycles. The highest BCUT2D eigenvalue weighted by molar-refractivity contribution is 5.72. The number of fused-ring (bicyclic) bond motifs is 1. The molecule has 0 atom stereocenters. The highest BCUT2D eigenvalue weighted by atomic mass is 19.1. The molecule has 1 saturated carbocycles. The average Bonchev–Trinajstić information content (AvgIpc) is 2.98. The first-order chi connectivity index (χ1) is 7.81. The van der Waals surface area contributed by atoms with Gasteiger partial charge in [-0.2, -0.15) is 0 Å². The zero-order chi connectivity index (χ0) is 11.0. The van der Waals surface area contributed by atoms with Gasteiger partial charge in [-0.15, -0.1) is 0 Å². The summed E-state index contributed by atoms with van der Waals surface area (Å²) in [6.45, 7) is 0.875. The quantitative estimate of drug-likeness (QED) is 0.858. The Labute approximate surface area is 92.7 Å². The Morgan fingerprint density at radius 1 is 1.44 bits per heavy atom. The number of nitrogens with zero attached hydrogens (tertiary/aromatic N) is 1. The second-order valence-electron chi connectivity index (χ2n) is 4.20. The van der Waals surface area contributed by atoms with Crippen LogP contribution in [0.15, 0.2) is 22.6 Å². The number of benzene rings is 1. The van der Waals surface area contributed by atoms with Crippen molar-refractivity contribution in [2.75, 3.05) is 6.54 Å². The van der Waals surface area contributed by atoms with E-state index in [9.17, 15) is 4.39 Å². The second-order valence-corrected chi connectivity index (χ2v) is 4.20. The summed E-state index contributed by atoms with van der Waals surface area (Å²) in [5.41, 5.74) is 1.25. The summed E-state index contributed by atoms with van der Waals surface area (Å²) < 4.78 is 18.4. The second kappa shape index (κ2) is 3.87. The zero-order valence-electron chi connectivity index (χ0n) is 8.87. The molecule has 1 N–H and O–H groups in total. The van der Waals surface area contributed by atoms with Crippen molar-refractivity contribution in [3.63, 3.8) is 0 Å². The van der Waals surface area contributed by atoms with Crippen LogP contribution in [0.3, 0.4) is 0 Å². The van der Waals surface area contributed by atoms with Crippen LogP contribution < -0.4 is 5.32 Å². The van der Waals surface area contributed by atoms with Gasteiger partial charge in [0.05, 0.1) is 0 Å². The maximum absolute atomic E-state index is 12.9. The van der Waals surface area contributed by atoms with Crippen molar-refractivity contribution in [3.05, 3.63) is 29.9 Å². The first kappa shape index (κ1) is 9.78. The summed E-state index contributed by atoms with van der Waals surface area (Å²) in [4.78, 5) is 4.30. The SMILES string of the molecule is Fc1ccc2nc(CCNC3CC3)oc2c1. The molecule has 3 rings (SSSR count). The third-order valence-electron chi connectivity index (χ3n) is 2.74. The zero-order valence-corrected chi connectivity index (χ0v) is 8.87. The minimum atomic E-state index is -0.286. The van der Waals surface area contributed by atoms with E-state index in [2.05, 4.69) is 10.3 Å². The molecule has 3 nitrogen and oxygen atoms in total. The summed E-state index contributed by atoms with van der Waals surface area (Å²) in [6, 6.07) is 5.12. The van der Waals surface area contributed by atoms with Crippen LogP contribution in [0.5, 0.6) is 0 Å². The van der Waals surface area contributed by atoms with Crippen LogP contribution in [0.4, 0.5) is 4.39 Å².